The van der Waals surface area contributed by atoms with E-state index in [0.29, 0.717) is 19.5 Å². The molecule has 2 N–H and O–H groups in total. The lowest BCUT2D eigenvalue weighted by atomic mass is 10.1. The number of nitrogens with zero attached hydrogens (tertiary/aromatic N) is 3. The molecule has 2 heterocycles. The van der Waals surface area contributed by atoms with Crippen LogP contribution in [0.3, 0.4) is 0 Å². The molecule has 0 saturated carbocycles. The Morgan fingerprint density at radius 1 is 1.19 bits per heavy atom. The molecule has 1 aliphatic heterocycles. The number of rotatable bonds is 5. The van der Waals surface area contributed by atoms with Crippen LogP contribution in [0.25, 0.3) is 0 Å². The van der Waals surface area contributed by atoms with Gasteiger partial charge in [-0.25, -0.2) is 4.98 Å². The van der Waals surface area contributed by atoms with Gasteiger partial charge in [-0.1, -0.05) is 12.1 Å². The van der Waals surface area contributed by atoms with Crippen molar-refractivity contribution in [3.63, 3.8) is 0 Å². The molecule has 0 aliphatic carbocycles. The van der Waals surface area contributed by atoms with Crippen LogP contribution in [0, 0.1) is 13.8 Å². The largest absolute Gasteiger partial charge is 0.352 e. The molecular weight excluding hydrogens is 358 g/mol. The maximum atomic E-state index is 12.0. The van der Waals surface area contributed by atoms with E-state index >= 15 is 0 Å². The molecule has 6 nitrogen and oxygen atoms in total. The van der Waals surface area contributed by atoms with Crippen molar-refractivity contribution in [2.45, 2.75) is 46.2 Å². The summed E-state index contributed by atoms with van der Waals surface area (Å²) in [6, 6.07) is 8.17. The van der Waals surface area contributed by atoms with Crippen LogP contribution >= 0.6 is 11.3 Å². The monoisotopic (exact) mass is 385 g/mol. The van der Waals surface area contributed by atoms with Crippen molar-refractivity contribution < 1.29 is 4.79 Å². The lowest BCUT2D eigenvalue weighted by molar-refractivity contribution is -0.119. The van der Waals surface area contributed by atoms with E-state index in [-0.39, 0.29) is 5.91 Å². The van der Waals surface area contributed by atoms with Crippen LogP contribution in [0.1, 0.15) is 40.4 Å². The molecule has 27 heavy (non-hydrogen) atoms. The molecule has 0 radical (unpaired) electrons. The number of nitrogens with one attached hydrogen (secondary N) is 2. The van der Waals surface area contributed by atoms with Crippen molar-refractivity contribution in [1.82, 2.24) is 15.6 Å². The van der Waals surface area contributed by atoms with E-state index in [9.17, 15) is 4.79 Å². The SMILES string of the molecule is CN=C(NCc1ccc(N2CCCCC2=O)cc1)NCc1nc(C)c(C)s1. The number of aromatic nitrogens is 1. The van der Waals surface area contributed by atoms with Crippen molar-refractivity contribution in [3.05, 3.63) is 45.4 Å². The molecule has 144 valence electrons. The molecule has 1 aliphatic rings. The standard InChI is InChI=1S/C20H27N5OS/c1-14-15(2)27-18(24-14)13-23-20(21-3)22-12-16-7-9-17(10-8-16)25-11-5-4-6-19(25)26/h7-10H,4-6,11-13H2,1-3H3,(H2,21,22,23). The van der Waals surface area contributed by atoms with Gasteiger partial charge in [-0.05, 0) is 44.4 Å². The van der Waals surface area contributed by atoms with E-state index in [1.54, 1.807) is 18.4 Å². The summed E-state index contributed by atoms with van der Waals surface area (Å²) >= 11 is 1.71. The van der Waals surface area contributed by atoms with Gasteiger partial charge in [0.25, 0.3) is 0 Å². The van der Waals surface area contributed by atoms with E-state index in [1.807, 2.05) is 24.0 Å². The number of hydrogen-bond donors (Lipinski definition) is 2. The summed E-state index contributed by atoms with van der Waals surface area (Å²) in [7, 11) is 1.76. The minimum atomic E-state index is 0.226. The van der Waals surface area contributed by atoms with Crippen molar-refractivity contribution in [3.8, 4) is 0 Å². The molecule has 1 amide bonds. The maximum absolute atomic E-state index is 12.0. The topological polar surface area (TPSA) is 69.6 Å². The Balaban J connectivity index is 1.51. The van der Waals surface area contributed by atoms with Gasteiger partial charge in [-0.15, -0.1) is 11.3 Å². The Labute approximate surface area is 164 Å². The first-order valence-electron chi connectivity index (χ1n) is 9.33. The first kappa shape index (κ1) is 19.4. The third-order valence-electron chi connectivity index (χ3n) is 4.73. The molecule has 1 fully saturated rings. The Kier molecular flexibility index (Phi) is 6.45. The van der Waals surface area contributed by atoms with Crippen LogP contribution in [-0.2, 0) is 17.9 Å². The fourth-order valence-corrected chi connectivity index (χ4v) is 3.93. The summed E-state index contributed by atoms with van der Waals surface area (Å²) in [5.41, 5.74) is 3.22. The second-order valence-corrected chi connectivity index (χ2v) is 7.99. The van der Waals surface area contributed by atoms with Gasteiger partial charge in [-0.3, -0.25) is 9.79 Å². The lowest BCUT2D eigenvalue weighted by Gasteiger charge is -2.26. The number of piperidine rings is 1. The second kappa shape index (κ2) is 8.99. The van der Waals surface area contributed by atoms with Gasteiger partial charge in [0.05, 0.1) is 12.2 Å². The molecule has 2 aromatic rings. The highest BCUT2D eigenvalue weighted by Crippen LogP contribution is 2.21. The van der Waals surface area contributed by atoms with E-state index in [2.05, 4.69) is 39.7 Å². The zero-order chi connectivity index (χ0) is 19.2. The number of carbonyl (C=O) groups excluding carboxylic acids is 1. The molecule has 3 rings (SSSR count). The van der Waals surface area contributed by atoms with Crippen molar-refractivity contribution in [1.29, 1.82) is 0 Å². The summed E-state index contributed by atoms with van der Waals surface area (Å²) in [6.07, 6.45) is 2.74. The fraction of sp³-hybridized carbons (Fsp3) is 0.450. The van der Waals surface area contributed by atoms with Crippen LogP contribution in [0.4, 0.5) is 5.69 Å². The van der Waals surface area contributed by atoms with Crippen molar-refractivity contribution in [2.75, 3.05) is 18.5 Å². The Bertz CT molecular complexity index is 793. The number of amides is 1. The van der Waals surface area contributed by atoms with Crippen LogP contribution in [0.5, 0.6) is 0 Å². The molecule has 1 aromatic carbocycles. The number of anilines is 1. The number of hydrogen-bond acceptors (Lipinski definition) is 4. The number of thiazole rings is 1. The normalized spacial score (nSPS) is 15.1. The van der Waals surface area contributed by atoms with Gasteiger partial charge in [-0.2, -0.15) is 0 Å². The predicted octanol–water partition coefficient (Wildman–Crippen LogP) is 3.14. The number of aryl methyl sites for hydroxylation is 2. The van der Waals surface area contributed by atoms with Crippen LogP contribution < -0.4 is 15.5 Å². The highest BCUT2D eigenvalue weighted by atomic mass is 32.1. The number of aliphatic imine (C=N–C) groups is 1. The smallest absolute Gasteiger partial charge is 0.226 e. The van der Waals surface area contributed by atoms with E-state index in [0.717, 1.165) is 47.3 Å². The van der Waals surface area contributed by atoms with E-state index in [1.165, 1.54) is 4.88 Å². The fourth-order valence-electron chi connectivity index (χ4n) is 3.05. The molecule has 0 spiro atoms. The number of carbonyl (C=O) groups is 1. The Hall–Kier alpha value is -2.41. The first-order chi connectivity index (χ1) is 13.1. The molecule has 7 heteroatoms. The van der Waals surface area contributed by atoms with Crippen LogP contribution in [-0.4, -0.2) is 30.4 Å². The minimum absolute atomic E-state index is 0.226. The van der Waals surface area contributed by atoms with Crippen molar-refractivity contribution in [2.24, 2.45) is 4.99 Å². The lowest BCUT2D eigenvalue weighted by Crippen LogP contribution is -2.36. The highest BCUT2D eigenvalue weighted by molar-refractivity contribution is 7.11. The quantitative estimate of drug-likeness (QED) is 0.613. The molecule has 0 atom stereocenters. The zero-order valence-corrected chi connectivity index (χ0v) is 17.0. The van der Waals surface area contributed by atoms with Gasteiger partial charge in [0.2, 0.25) is 5.91 Å². The number of guanidine groups is 1. The summed E-state index contributed by atoms with van der Waals surface area (Å²) in [4.78, 5) is 24.0. The summed E-state index contributed by atoms with van der Waals surface area (Å²) in [5.74, 6) is 0.972. The predicted molar refractivity (Wildman–Crippen MR) is 111 cm³/mol. The summed E-state index contributed by atoms with van der Waals surface area (Å²) in [5, 5.41) is 7.68. The zero-order valence-electron chi connectivity index (χ0n) is 16.2. The van der Waals surface area contributed by atoms with Gasteiger partial charge >= 0.3 is 0 Å². The average Bonchev–Trinajstić information content (AvgIpc) is 3.00. The third-order valence-corrected chi connectivity index (χ3v) is 5.81. The van der Waals surface area contributed by atoms with Gasteiger partial charge in [0.1, 0.15) is 5.01 Å². The summed E-state index contributed by atoms with van der Waals surface area (Å²) in [6.45, 7) is 6.27. The molecular formula is C20H27N5OS. The molecule has 1 saturated heterocycles. The van der Waals surface area contributed by atoms with E-state index in [4.69, 9.17) is 0 Å². The number of benzene rings is 1. The third kappa shape index (κ3) is 5.07. The molecule has 0 bridgehead atoms. The molecule has 0 unspecified atom stereocenters. The maximum Gasteiger partial charge on any atom is 0.226 e. The van der Waals surface area contributed by atoms with Gasteiger partial charge in [0.15, 0.2) is 5.96 Å². The van der Waals surface area contributed by atoms with E-state index < -0.39 is 0 Å². The Morgan fingerprint density at radius 3 is 2.56 bits per heavy atom. The van der Waals surface area contributed by atoms with Gasteiger partial charge in [0, 0.05) is 37.1 Å². The van der Waals surface area contributed by atoms with Crippen molar-refractivity contribution >= 4 is 28.9 Å². The first-order valence-corrected chi connectivity index (χ1v) is 10.1. The average molecular weight is 386 g/mol. The highest BCUT2D eigenvalue weighted by Gasteiger charge is 2.19. The van der Waals surface area contributed by atoms with Crippen LogP contribution in [0.15, 0.2) is 29.3 Å². The van der Waals surface area contributed by atoms with Crippen LogP contribution in [0.2, 0.25) is 0 Å². The molecule has 1 aromatic heterocycles. The second-order valence-electron chi connectivity index (χ2n) is 6.70. The summed E-state index contributed by atoms with van der Waals surface area (Å²) < 4.78 is 0. The van der Waals surface area contributed by atoms with Gasteiger partial charge < -0.3 is 15.5 Å². The minimum Gasteiger partial charge on any atom is -0.352 e. The Morgan fingerprint density at radius 2 is 1.93 bits per heavy atom.